The van der Waals surface area contributed by atoms with Crippen molar-refractivity contribution in [1.29, 1.82) is 0 Å². The van der Waals surface area contributed by atoms with E-state index in [9.17, 15) is 14.4 Å². The molecule has 0 unspecified atom stereocenters. The molecule has 28 heavy (non-hydrogen) atoms. The summed E-state index contributed by atoms with van der Waals surface area (Å²) in [4.78, 5) is 45.5. The van der Waals surface area contributed by atoms with Crippen LogP contribution in [0.2, 0.25) is 0 Å². The Balaban J connectivity index is 1.44. The summed E-state index contributed by atoms with van der Waals surface area (Å²) in [6.07, 6.45) is 1.31. The van der Waals surface area contributed by atoms with Crippen LogP contribution in [0.15, 0.2) is 34.9 Å². The fourth-order valence-corrected chi connectivity index (χ4v) is 3.33. The van der Waals surface area contributed by atoms with Crippen LogP contribution in [0, 0.1) is 0 Å². The van der Waals surface area contributed by atoms with Crippen molar-refractivity contribution in [3.05, 3.63) is 42.1 Å². The van der Waals surface area contributed by atoms with Crippen molar-refractivity contribution < 1.29 is 23.5 Å². The number of para-hydroxylation sites is 2. The van der Waals surface area contributed by atoms with Gasteiger partial charge in [-0.25, -0.2) is 4.98 Å². The molecule has 0 atom stereocenters. The first-order valence-corrected chi connectivity index (χ1v) is 9.04. The van der Waals surface area contributed by atoms with E-state index in [1.165, 1.54) is 18.1 Å². The molecule has 0 radical (unpaired) electrons. The molecule has 0 N–H and O–H groups in total. The number of anilines is 1. The number of fused-ring (bicyclic) bond motifs is 1. The second-order valence-corrected chi connectivity index (χ2v) is 6.66. The predicted octanol–water partition coefficient (Wildman–Crippen LogP) is 0.904. The number of carbonyl (C=O) groups excluding carboxylic acids is 3. The predicted molar refractivity (Wildman–Crippen MR) is 97.8 cm³/mol. The van der Waals surface area contributed by atoms with Gasteiger partial charge in [-0.3, -0.25) is 19.3 Å². The highest BCUT2D eigenvalue weighted by Crippen LogP contribution is 2.32. The topological polar surface area (TPSA) is 96.2 Å². The zero-order valence-corrected chi connectivity index (χ0v) is 15.5. The van der Waals surface area contributed by atoms with Gasteiger partial charge in [0.1, 0.15) is 18.6 Å². The van der Waals surface area contributed by atoms with E-state index in [-0.39, 0.29) is 42.5 Å². The minimum Gasteiger partial charge on any atom is -0.482 e. The molecule has 1 saturated heterocycles. The Bertz CT molecular complexity index is 917. The van der Waals surface area contributed by atoms with Gasteiger partial charge >= 0.3 is 0 Å². The number of nitrogens with zero attached hydrogens (tertiary/aromatic N) is 4. The molecule has 146 valence electrons. The van der Waals surface area contributed by atoms with E-state index in [0.717, 1.165) is 0 Å². The van der Waals surface area contributed by atoms with E-state index in [1.54, 1.807) is 21.9 Å². The first-order chi connectivity index (χ1) is 13.5. The summed E-state index contributed by atoms with van der Waals surface area (Å²) in [5.41, 5.74) is 0.838. The molecule has 0 bridgehead atoms. The molecule has 3 amide bonds. The number of rotatable bonds is 3. The third kappa shape index (κ3) is 3.42. The highest BCUT2D eigenvalue weighted by atomic mass is 16.5. The summed E-state index contributed by atoms with van der Waals surface area (Å²) >= 11 is 0. The van der Waals surface area contributed by atoms with Crippen molar-refractivity contribution in [1.82, 2.24) is 14.8 Å². The number of aromatic nitrogens is 1. The van der Waals surface area contributed by atoms with Crippen LogP contribution in [0.4, 0.5) is 5.69 Å². The Morgan fingerprint density at radius 2 is 1.82 bits per heavy atom. The van der Waals surface area contributed by atoms with Gasteiger partial charge in [-0.1, -0.05) is 12.1 Å². The quantitative estimate of drug-likeness (QED) is 0.780. The van der Waals surface area contributed by atoms with Gasteiger partial charge in [0.2, 0.25) is 11.8 Å². The highest BCUT2D eigenvalue weighted by Gasteiger charge is 2.28. The highest BCUT2D eigenvalue weighted by molar-refractivity contribution is 5.97. The van der Waals surface area contributed by atoms with E-state index in [2.05, 4.69) is 4.98 Å². The summed E-state index contributed by atoms with van der Waals surface area (Å²) in [7, 11) is 0. The lowest BCUT2D eigenvalue weighted by Crippen LogP contribution is -2.50. The molecule has 3 heterocycles. The molecule has 0 aliphatic carbocycles. The van der Waals surface area contributed by atoms with Crippen LogP contribution in [-0.2, 0) is 16.1 Å². The van der Waals surface area contributed by atoms with Crippen molar-refractivity contribution in [3.8, 4) is 5.75 Å². The number of oxazole rings is 1. The lowest BCUT2D eigenvalue weighted by Gasteiger charge is -2.33. The van der Waals surface area contributed by atoms with Crippen molar-refractivity contribution in [2.24, 2.45) is 0 Å². The second kappa shape index (κ2) is 7.34. The van der Waals surface area contributed by atoms with Gasteiger partial charge in [-0.05, 0) is 12.1 Å². The van der Waals surface area contributed by atoms with Crippen molar-refractivity contribution >= 4 is 23.4 Å². The van der Waals surface area contributed by atoms with Gasteiger partial charge < -0.3 is 19.0 Å². The minimum atomic E-state index is -0.244. The smallest absolute Gasteiger partial charge is 0.275 e. The first kappa shape index (κ1) is 18.0. The van der Waals surface area contributed by atoms with Crippen LogP contribution < -0.4 is 9.64 Å². The first-order valence-electron chi connectivity index (χ1n) is 9.04. The lowest BCUT2D eigenvalue weighted by molar-refractivity contribution is -0.130. The maximum Gasteiger partial charge on any atom is 0.275 e. The summed E-state index contributed by atoms with van der Waals surface area (Å²) in [6.45, 7) is 3.50. The van der Waals surface area contributed by atoms with E-state index >= 15 is 0 Å². The summed E-state index contributed by atoms with van der Waals surface area (Å²) in [6, 6.07) is 7.23. The third-order valence-electron chi connectivity index (χ3n) is 4.88. The zero-order valence-electron chi connectivity index (χ0n) is 15.5. The molecule has 1 fully saturated rings. The molecule has 2 aliphatic heterocycles. The van der Waals surface area contributed by atoms with Gasteiger partial charge in [0, 0.05) is 33.1 Å². The van der Waals surface area contributed by atoms with E-state index in [0.29, 0.717) is 37.6 Å². The molecule has 2 aliphatic rings. The van der Waals surface area contributed by atoms with E-state index in [1.807, 2.05) is 12.1 Å². The van der Waals surface area contributed by atoms with Gasteiger partial charge in [0.05, 0.1) is 5.69 Å². The summed E-state index contributed by atoms with van der Waals surface area (Å²) < 4.78 is 10.9. The summed E-state index contributed by atoms with van der Waals surface area (Å²) in [5.74, 6) is 0.451. The standard InChI is InChI=1S/C19H20N4O5/c1-13(24)21-6-8-22(9-7-21)19(26)14-11-28-17(20-14)10-23-15-4-2-3-5-16(15)27-12-18(23)25/h2-5,11H,6-10,12H2,1H3. The van der Waals surface area contributed by atoms with Gasteiger partial charge in [-0.15, -0.1) is 0 Å². The molecular weight excluding hydrogens is 364 g/mol. The van der Waals surface area contributed by atoms with E-state index < -0.39 is 0 Å². The average Bonchev–Trinajstić information content (AvgIpc) is 3.18. The fourth-order valence-electron chi connectivity index (χ4n) is 3.33. The van der Waals surface area contributed by atoms with Crippen LogP contribution in [0.25, 0.3) is 0 Å². The van der Waals surface area contributed by atoms with Gasteiger partial charge in [0.25, 0.3) is 11.8 Å². The number of piperazine rings is 1. The van der Waals surface area contributed by atoms with Crippen LogP contribution >= 0.6 is 0 Å². The summed E-state index contributed by atoms with van der Waals surface area (Å²) in [5, 5.41) is 0. The second-order valence-electron chi connectivity index (χ2n) is 6.66. The Hall–Kier alpha value is -3.36. The SMILES string of the molecule is CC(=O)N1CCN(C(=O)c2coc(CN3C(=O)COc4ccccc43)n2)CC1. The maximum absolute atomic E-state index is 12.6. The molecule has 9 nitrogen and oxygen atoms in total. The molecule has 2 aromatic rings. The maximum atomic E-state index is 12.6. The molecule has 0 spiro atoms. The number of benzene rings is 1. The Morgan fingerprint density at radius 3 is 2.57 bits per heavy atom. The molecule has 1 aromatic carbocycles. The Labute approximate surface area is 161 Å². The Kier molecular flexibility index (Phi) is 4.72. The normalized spacial score (nSPS) is 16.6. The zero-order chi connectivity index (χ0) is 19.7. The van der Waals surface area contributed by atoms with Crippen LogP contribution in [0.1, 0.15) is 23.3 Å². The van der Waals surface area contributed by atoms with Crippen molar-refractivity contribution in [2.75, 3.05) is 37.7 Å². The van der Waals surface area contributed by atoms with Crippen molar-refractivity contribution in [3.63, 3.8) is 0 Å². The Morgan fingerprint density at radius 1 is 1.11 bits per heavy atom. The van der Waals surface area contributed by atoms with Crippen LogP contribution in [-0.4, -0.2) is 65.3 Å². The molecule has 9 heteroatoms. The average molecular weight is 384 g/mol. The number of carbonyl (C=O) groups is 3. The monoisotopic (exact) mass is 384 g/mol. The number of hydrogen-bond acceptors (Lipinski definition) is 6. The van der Waals surface area contributed by atoms with E-state index in [4.69, 9.17) is 9.15 Å². The van der Waals surface area contributed by atoms with Crippen LogP contribution in [0.3, 0.4) is 0 Å². The molecule has 4 rings (SSSR count). The van der Waals surface area contributed by atoms with Crippen molar-refractivity contribution in [2.45, 2.75) is 13.5 Å². The fraction of sp³-hybridized carbons (Fsp3) is 0.368. The molecular formula is C19H20N4O5. The third-order valence-corrected chi connectivity index (χ3v) is 4.88. The minimum absolute atomic E-state index is 0.00582. The van der Waals surface area contributed by atoms with Gasteiger partial charge in [-0.2, -0.15) is 0 Å². The van der Waals surface area contributed by atoms with Crippen LogP contribution in [0.5, 0.6) is 5.75 Å². The van der Waals surface area contributed by atoms with Gasteiger partial charge in [0.15, 0.2) is 12.3 Å². The number of hydrogen-bond donors (Lipinski definition) is 0. The molecule has 1 aromatic heterocycles. The number of ether oxygens (including phenoxy) is 1. The number of amides is 3. The largest absolute Gasteiger partial charge is 0.482 e. The molecule has 0 saturated carbocycles. The lowest BCUT2D eigenvalue weighted by atomic mass is 10.2.